The summed E-state index contributed by atoms with van der Waals surface area (Å²) in [5.74, 6) is 1.42. The molecule has 4 aromatic carbocycles. The fraction of sp³-hybridized carbons (Fsp3) is 0.107. The summed E-state index contributed by atoms with van der Waals surface area (Å²) in [6.07, 6.45) is 0.759. The van der Waals surface area contributed by atoms with E-state index in [1.165, 1.54) is 5.56 Å². The topological polar surface area (TPSA) is 47.6 Å². The second kappa shape index (κ2) is 7.77. The van der Waals surface area contributed by atoms with Crippen molar-refractivity contribution in [1.29, 1.82) is 0 Å². The Kier molecular flexibility index (Phi) is 4.79. The van der Waals surface area contributed by atoms with E-state index in [2.05, 4.69) is 78.9 Å². The number of rotatable bonds is 4. The van der Waals surface area contributed by atoms with Crippen LogP contribution in [0.5, 0.6) is 5.75 Å². The number of amidine groups is 1. The highest BCUT2D eigenvalue weighted by atomic mass is 16.5. The van der Waals surface area contributed by atoms with Gasteiger partial charge >= 0.3 is 0 Å². The molecule has 2 N–H and O–H groups in total. The van der Waals surface area contributed by atoms with Crippen LogP contribution in [0.3, 0.4) is 0 Å². The van der Waals surface area contributed by atoms with Crippen LogP contribution in [0.25, 0.3) is 11.1 Å². The average Bonchev–Trinajstić information content (AvgIpc) is 2.84. The van der Waals surface area contributed by atoms with Crippen LogP contribution in [0, 0.1) is 0 Å². The first-order chi connectivity index (χ1) is 15.2. The van der Waals surface area contributed by atoms with Crippen LogP contribution in [0.2, 0.25) is 0 Å². The zero-order valence-electron chi connectivity index (χ0n) is 17.5. The normalized spacial score (nSPS) is 17.5. The van der Waals surface area contributed by atoms with Crippen molar-refractivity contribution in [3.63, 3.8) is 0 Å². The predicted octanol–water partition coefficient (Wildman–Crippen LogP) is 5.57. The molecule has 1 atom stereocenters. The minimum Gasteiger partial charge on any atom is -0.497 e. The minimum atomic E-state index is -0.575. The molecule has 0 radical (unpaired) electrons. The van der Waals surface area contributed by atoms with E-state index in [0.29, 0.717) is 5.84 Å². The van der Waals surface area contributed by atoms with Gasteiger partial charge in [0.25, 0.3) is 0 Å². The SMILES string of the molecule is COc1cccc(-c2cccc(C3(c4ccccc4)Cc4ccccc4C(N)=N3)c2)c1. The standard InChI is InChI=1S/C28H24N2O/c1-31-25-15-8-11-21(18-25)20-10-7-14-24(17-20)28(23-12-3-2-4-13-23)19-22-9-5-6-16-26(22)27(29)30-28/h2-18H,19H2,1H3,(H2,29,30). The Labute approximate surface area is 182 Å². The Balaban J connectivity index is 1.70. The average molecular weight is 405 g/mol. The number of nitrogens with two attached hydrogens (primary N) is 1. The van der Waals surface area contributed by atoms with Crippen molar-refractivity contribution in [2.24, 2.45) is 10.7 Å². The van der Waals surface area contributed by atoms with Crippen molar-refractivity contribution in [1.82, 2.24) is 0 Å². The zero-order valence-corrected chi connectivity index (χ0v) is 17.5. The molecule has 4 aromatic rings. The minimum absolute atomic E-state index is 0.575. The van der Waals surface area contributed by atoms with Crippen LogP contribution in [0.4, 0.5) is 0 Å². The molecule has 152 valence electrons. The number of fused-ring (bicyclic) bond motifs is 1. The molecule has 0 amide bonds. The first kappa shape index (κ1) is 19.1. The second-order valence-corrected chi connectivity index (χ2v) is 7.87. The van der Waals surface area contributed by atoms with Gasteiger partial charge in [0.15, 0.2) is 0 Å². The molecule has 1 heterocycles. The third-order valence-electron chi connectivity index (χ3n) is 6.05. The fourth-order valence-electron chi connectivity index (χ4n) is 4.48. The van der Waals surface area contributed by atoms with Crippen molar-refractivity contribution < 1.29 is 4.74 Å². The molecule has 0 aromatic heterocycles. The lowest BCUT2D eigenvalue weighted by atomic mass is 9.75. The zero-order chi connectivity index (χ0) is 21.3. The first-order valence-corrected chi connectivity index (χ1v) is 10.4. The van der Waals surface area contributed by atoms with E-state index in [4.69, 9.17) is 15.5 Å². The summed E-state index contributed by atoms with van der Waals surface area (Å²) in [4.78, 5) is 5.13. The van der Waals surface area contributed by atoms with E-state index in [1.54, 1.807) is 7.11 Å². The van der Waals surface area contributed by atoms with Gasteiger partial charge in [0, 0.05) is 12.0 Å². The summed E-state index contributed by atoms with van der Waals surface area (Å²) in [7, 11) is 1.69. The summed E-state index contributed by atoms with van der Waals surface area (Å²) in [5, 5.41) is 0. The van der Waals surface area contributed by atoms with Crippen LogP contribution in [-0.4, -0.2) is 12.9 Å². The molecule has 31 heavy (non-hydrogen) atoms. The molecule has 3 nitrogen and oxygen atoms in total. The van der Waals surface area contributed by atoms with Crippen LogP contribution in [0.1, 0.15) is 22.3 Å². The lowest BCUT2D eigenvalue weighted by molar-refractivity contribution is 0.415. The fourth-order valence-corrected chi connectivity index (χ4v) is 4.48. The van der Waals surface area contributed by atoms with Gasteiger partial charge in [-0.25, -0.2) is 0 Å². The smallest absolute Gasteiger partial charge is 0.127 e. The monoisotopic (exact) mass is 404 g/mol. The van der Waals surface area contributed by atoms with Crippen LogP contribution >= 0.6 is 0 Å². The van der Waals surface area contributed by atoms with Gasteiger partial charge in [0.1, 0.15) is 17.1 Å². The van der Waals surface area contributed by atoms with Crippen LogP contribution in [0.15, 0.2) is 108 Å². The molecular weight excluding hydrogens is 380 g/mol. The van der Waals surface area contributed by atoms with Gasteiger partial charge in [-0.2, -0.15) is 0 Å². The maximum atomic E-state index is 6.52. The third kappa shape index (κ3) is 3.38. The van der Waals surface area contributed by atoms with Crippen molar-refractivity contribution in [2.75, 3.05) is 7.11 Å². The summed E-state index contributed by atoms with van der Waals surface area (Å²) >= 11 is 0. The van der Waals surface area contributed by atoms with Gasteiger partial charge in [-0.3, -0.25) is 4.99 Å². The molecule has 0 saturated heterocycles. The molecule has 0 bridgehead atoms. The number of ether oxygens (including phenoxy) is 1. The third-order valence-corrected chi connectivity index (χ3v) is 6.05. The molecule has 3 heteroatoms. The number of hydrogen-bond donors (Lipinski definition) is 1. The number of aliphatic imine (C=N–C) groups is 1. The van der Waals surface area contributed by atoms with Crippen molar-refractivity contribution in [3.8, 4) is 16.9 Å². The molecule has 1 unspecified atom stereocenters. The van der Waals surface area contributed by atoms with Gasteiger partial charge in [-0.1, -0.05) is 84.9 Å². The highest BCUT2D eigenvalue weighted by Gasteiger charge is 2.38. The highest BCUT2D eigenvalue weighted by molar-refractivity contribution is 6.00. The van der Waals surface area contributed by atoms with E-state index in [-0.39, 0.29) is 0 Å². The van der Waals surface area contributed by atoms with Crippen LogP contribution < -0.4 is 10.5 Å². The number of hydrogen-bond acceptors (Lipinski definition) is 3. The second-order valence-electron chi connectivity index (χ2n) is 7.87. The number of nitrogens with zero attached hydrogens (tertiary/aromatic N) is 1. The highest BCUT2D eigenvalue weighted by Crippen LogP contribution is 2.42. The quantitative estimate of drug-likeness (QED) is 0.483. The maximum absolute atomic E-state index is 6.52. The van der Waals surface area contributed by atoms with E-state index in [0.717, 1.165) is 40.0 Å². The molecule has 1 aliphatic rings. The summed E-state index contributed by atoms with van der Waals surface area (Å²) in [6.45, 7) is 0. The van der Waals surface area contributed by atoms with Crippen LogP contribution in [-0.2, 0) is 12.0 Å². The Morgan fingerprint density at radius 2 is 1.42 bits per heavy atom. The summed E-state index contributed by atoms with van der Waals surface area (Å²) < 4.78 is 5.43. The largest absolute Gasteiger partial charge is 0.497 e. The lowest BCUT2D eigenvalue weighted by Gasteiger charge is -2.36. The Morgan fingerprint density at radius 3 is 2.23 bits per heavy atom. The van der Waals surface area contributed by atoms with Gasteiger partial charge in [0.05, 0.1) is 7.11 Å². The number of methoxy groups -OCH3 is 1. The Morgan fingerprint density at radius 1 is 0.742 bits per heavy atom. The van der Waals surface area contributed by atoms with Crippen molar-refractivity contribution in [3.05, 3.63) is 125 Å². The van der Waals surface area contributed by atoms with E-state index < -0.39 is 5.54 Å². The molecular formula is C28H24N2O. The maximum Gasteiger partial charge on any atom is 0.127 e. The Hall–Kier alpha value is -3.85. The molecule has 0 spiro atoms. The predicted molar refractivity (Wildman–Crippen MR) is 127 cm³/mol. The summed E-state index contributed by atoms with van der Waals surface area (Å²) in [6, 6.07) is 35.5. The summed E-state index contributed by atoms with van der Waals surface area (Å²) in [5.41, 5.74) is 12.7. The molecule has 0 fully saturated rings. The molecule has 0 saturated carbocycles. The Bertz CT molecular complexity index is 1260. The molecule has 0 aliphatic carbocycles. The number of benzene rings is 4. The lowest BCUT2D eigenvalue weighted by Crippen LogP contribution is -2.36. The van der Waals surface area contributed by atoms with E-state index >= 15 is 0 Å². The molecule has 5 rings (SSSR count). The van der Waals surface area contributed by atoms with Gasteiger partial charge in [-0.15, -0.1) is 0 Å². The van der Waals surface area contributed by atoms with Gasteiger partial charge in [0.2, 0.25) is 0 Å². The van der Waals surface area contributed by atoms with Crippen molar-refractivity contribution in [2.45, 2.75) is 12.0 Å². The van der Waals surface area contributed by atoms with E-state index in [1.807, 2.05) is 24.3 Å². The molecule has 1 aliphatic heterocycles. The van der Waals surface area contributed by atoms with E-state index in [9.17, 15) is 0 Å². The van der Waals surface area contributed by atoms with Gasteiger partial charge < -0.3 is 10.5 Å². The van der Waals surface area contributed by atoms with Gasteiger partial charge in [-0.05, 0) is 46.0 Å². The van der Waals surface area contributed by atoms with Crippen molar-refractivity contribution >= 4 is 5.84 Å². The first-order valence-electron chi connectivity index (χ1n) is 10.4.